The van der Waals surface area contributed by atoms with Crippen molar-refractivity contribution in [2.75, 3.05) is 44.7 Å². The van der Waals surface area contributed by atoms with Crippen molar-refractivity contribution in [3.8, 4) is 0 Å². The van der Waals surface area contributed by atoms with Crippen molar-refractivity contribution in [1.29, 1.82) is 0 Å². The second-order valence-corrected chi connectivity index (χ2v) is 5.18. The molecule has 1 saturated heterocycles. The summed E-state index contributed by atoms with van der Waals surface area (Å²) in [6.07, 6.45) is 1.84. The van der Waals surface area contributed by atoms with Crippen LogP contribution in [0.25, 0.3) is 0 Å². The fourth-order valence-electron chi connectivity index (χ4n) is 2.43. The zero-order valence-corrected chi connectivity index (χ0v) is 12.0. The maximum atomic E-state index is 10.7. The standard InChI is InChI=1S/C14H21N3O3/c1-11-7-12(3-4-15-11)17-5-6-20-13(9-17)8-16(2)10-14(18)19/h3-4,7,13H,5-6,8-10H2,1-2H3,(H,18,19). The van der Waals surface area contributed by atoms with Gasteiger partial charge in [-0.1, -0.05) is 0 Å². The summed E-state index contributed by atoms with van der Waals surface area (Å²) in [7, 11) is 1.80. The van der Waals surface area contributed by atoms with E-state index in [1.54, 1.807) is 11.9 Å². The van der Waals surface area contributed by atoms with E-state index in [0.717, 1.165) is 24.5 Å². The Labute approximate surface area is 119 Å². The number of hydrogen-bond acceptors (Lipinski definition) is 5. The predicted molar refractivity (Wildman–Crippen MR) is 76.1 cm³/mol. The summed E-state index contributed by atoms with van der Waals surface area (Å²) in [5, 5.41) is 8.77. The van der Waals surface area contributed by atoms with Crippen LogP contribution >= 0.6 is 0 Å². The van der Waals surface area contributed by atoms with E-state index in [9.17, 15) is 4.79 Å². The fourth-order valence-corrected chi connectivity index (χ4v) is 2.43. The molecule has 1 fully saturated rings. The Balaban J connectivity index is 1.93. The Morgan fingerprint density at radius 2 is 2.45 bits per heavy atom. The number of likely N-dealkylation sites (N-methyl/N-ethyl adjacent to an activating group) is 1. The van der Waals surface area contributed by atoms with Gasteiger partial charge in [0.1, 0.15) is 0 Å². The minimum atomic E-state index is -0.815. The number of rotatable bonds is 5. The van der Waals surface area contributed by atoms with Gasteiger partial charge in [0.2, 0.25) is 0 Å². The number of aromatic nitrogens is 1. The second kappa shape index (κ2) is 6.67. The highest BCUT2D eigenvalue weighted by molar-refractivity contribution is 5.69. The van der Waals surface area contributed by atoms with Crippen LogP contribution in [0, 0.1) is 6.92 Å². The van der Waals surface area contributed by atoms with Gasteiger partial charge in [0, 0.05) is 37.2 Å². The minimum Gasteiger partial charge on any atom is -0.480 e. The van der Waals surface area contributed by atoms with Gasteiger partial charge in [0.05, 0.1) is 19.3 Å². The molecule has 1 atom stereocenters. The number of pyridine rings is 1. The molecule has 6 heteroatoms. The lowest BCUT2D eigenvalue weighted by molar-refractivity contribution is -0.138. The maximum Gasteiger partial charge on any atom is 0.317 e. The lowest BCUT2D eigenvalue weighted by Crippen LogP contribution is -2.47. The number of hydrogen-bond donors (Lipinski definition) is 1. The number of carbonyl (C=O) groups is 1. The van der Waals surface area contributed by atoms with Crippen LogP contribution in [0.1, 0.15) is 5.69 Å². The number of ether oxygens (including phenoxy) is 1. The molecule has 20 heavy (non-hydrogen) atoms. The van der Waals surface area contributed by atoms with Crippen molar-refractivity contribution in [1.82, 2.24) is 9.88 Å². The number of morpholine rings is 1. The van der Waals surface area contributed by atoms with Gasteiger partial charge in [-0.2, -0.15) is 0 Å². The Morgan fingerprint density at radius 1 is 1.65 bits per heavy atom. The SMILES string of the molecule is Cc1cc(N2CCOC(CN(C)CC(=O)O)C2)ccn1. The molecule has 6 nitrogen and oxygen atoms in total. The third-order valence-corrected chi connectivity index (χ3v) is 3.30. The summed E-state index contributed by atoms with van der Waals surface area (Å²) >= 11 is 0. The zero-order valence-electron chi connectivity index (χ0n) is 12.0. The Morgan fingerprint density at radius 3 is 3.15 bits per heavy atom. The van der Waals surface area contributed by atoms with Gasteiger partial charge in [0.25, 0.3) is 0 Å². The zero-order chi connectivity index (χ0) is 14.5. The average molecular weight is 279 g/mol. The summed E-state index contributed by atoms with van der Waals surface area (Å²) in [4.78, 5) is 18.9. The third kappa shape index (κ3) is 4.18. The second-order valence-electron chi connectivity index (χ2n) is 5.18. The third-order valence-electron chi connectivity index (χ3n) is 3.30. The molecule has 0 aliphatic carbocycles. The Hall–Kier alpha value is -1.66. The van der Waals surface area contributed by atoms with Crippen LogP contribution in [0.2, 0.25) is 0 Å². The van der Waals surface area contributed by atoms with Crippen molar-refractivity contribution in [3.63, 3.8) is 0 Å². The molecular formula is C14H21N3O3. The number of carboxylic acid groups (broad SMARTS) is 1. The molecule has 1 unspecified atom stereocenters. The van der Waals surface area contributed by atoms with E-state index in [1.807, 2.05) is 19.2 Å². The number of anilines is 1. The quantitative estimate of drug-likeness (QED) is 0.852. The van der Waals surface area contributed by atoms with E-state index in [1.165, 1.54) is 0 Å². The normalized spacial score (nSPS) is 19.4. The molecule has 0 spiro atoms. The highest BCUT2D eigenvalue weighted by Gasteiger charge is 2.22. The molecule has 2 rings (SSSR count). The first kappa shape index (κ1) is 14.7. The first-order valence-electron chi connectivity index (χ1n) is 6.74. The van der Waals surface area contributed by atoms with Crippen LogP contribution in [-0.4, -0.2) is 66.9 Å². The largest absolute Gasteiger partial charge is 0.480 e. The van der Waals surface area contributed by atoms with Crippen LogP contribution in [0.15, 0.2) is 18.3 Å². The molecular weight excluding hydrogens is 258 g/mol. The average Bonchev–Trinajstić information content (AvgIpc) is 2.38. The topological polar surface area (TPSA) is 65.9 Å². The van der Waals surface area contributed by atoms with Crippen LogP contribution in [-0.2, 0) is 9.53 Å². The molecule has 0 bridgehead atoms. The molecule has 0 saturated carbocycles. The van der Waals surface area contributed by atoms with Gasteiger partial charge in [-0.25, -0.2) is 0 Å². The number of aliphatic carboxylic acids is 1. The van der Waals surface area contributed by atoms with Gasteiger partial charge >= 0.3 is 5.97 Å². The van der Waals surface area contributed by atoms with Crippen LogP contribution in [0.4, 0.5) is 5.69 Å². The van der Waals surface area contributed by atoms with Gasteiger partial charge in [-0.15, -0.1) is 0 Å². The van der Waals surface area contributed by atoms with Crippen molar-refractivity contribution in [2.45, 2.75) is 13.0 Å². The van der Waals surface area contributed by atoms with Crippen molar-refractivity contribution < 1.29 is 14.6 Å². The van der Waals surface area contributed by atoms with Gasteiger partial charge < -0.3 is 14.7 Å². The van der Waals surface area contributed by atoms with E-state index < -0.39 is 5.97 Å². The number of carboxylic acids is 1. The summed E-state index contributed by atoms with van der Waals surface area (Å²) in [6.45, 7) is 4.91. The molecule has 110 valence electrons. The molecule has 0 aromatic carbocycles. The summed E-state index contributed by atoms with van der Waals surface area (Å²) in [5.41, 5.74) is 2.14. The fraction of sp³-hybridized carbons (Fsp3) is 0.571. The first-order chi connectivity index (χ1) is 9.54. The smallest absolute Gasteiger partial charge is 0.317 e. The minimum absolute atomic E-state index is 0.0292. The van der Waals surface area contributed by atoms with Crippen LogP contribution in [0.3, 0.4) is 0 Å². The first-order valence-corrected chi connectivity index (χ1v) is 6.74. The lowest BCUT2D eigenvalue weighted by atomic mass is 10.2. The molecule has 1 aliphatic heterocycles. The molecule has 0 radical (unpaired) electrons. The van der Waals surface area contributed by atoms with Gasteiger partial charge in [0.15, 0.2) is 0 Å². The molecule has 1 N–H and O–H groups in total. The molecule has 0 amide bonds. The highest BCUT2D eigenvalue weighted by atomic mass is 16.5. The molecule has 1 aromatic heterocycles. The molecule has 1 aliphatic rings. The van der Waals surface area contributed by atoms with Crippen LogP contribution in [0.5, 0.6) is 0 Å². The summed E-state index contributed by atoms with van der Waals surface area (Å²) < 4.78 is 5.72. The van der Waals surface area contributed by atoms with Gasteiger partial charge in [-0.05, 0) is 26.1 Å². The number of nitrogens with zero attached hydrogens (tertiary/aromatic N) is 3. The van der Waals surface area contributed by atoms with Crippen molar-refractivity contribution in [3.05, 3.63) is 24.0 Å². The van der Waals surface area contributed by atoms with E-state index in [2.05, 4.69) is 16.0 Å². The highest BCUT2D eigenvalue weighted by Crippen LogP contribution is 2.18. The van der Waals surface area contributed by atoms with Crippen LogP contribution < -0.4 is 4.90 Å². The van der Waals surface area contributed by atoms with E-state index in [0.29, 0.717) is 13.2 Å². The summed E-state index contributed by atoms with van der Waals surface area (Å²) in [5.74, 6) is -0.815. The van der Waals surface area contributed by atoms with Crippen molar-refractivity contribution in [2.24, 2.45) is 0 Å². The summed E-state index contributed by atoms with van der Waals surface area (Å²) in [6, 6.07) is 4.06. The van der Waals surface area contributed by atoms with E-state index in [-0.39, 0.29) is 12.6 Å². The van der Waals surface area contributed by atoms with E-state index in [4.69, 9.17) is 9.84 Å². The van der Waals surface area contributed by atoms with Gasteiger partial charge in [-0.3, -0.25) is 14.7 Å². The van der Waals surface area contributed by atoms with E-state index >= 15 is 0 Å². The number of aryl methyl sites for hydroxylation is 1. The maximum absolute atomic E-state index is 10.7. The lowest BCUT2D eigenvalue weighted by Gasteiger charge is -2.36. The van der Waals surface area contributed by atoms with Crippen molar-refractivity contribution >= 4 is 11.7 Å². The monoisotopic (exact) mass is 279 g/mol. The molecule has 1 aromatic rings. The molecule has 2 heterocycles. The Bertz CT molecular complexity index is 467. The predicted octanol–water partition coefficient (Wildman–Crippen LogP) is 0.612. The Kier molecular flexibility index (Phi) is 4.92.